The number of amides is 1. The van der Waals surface area contributed by atoms with E-state index < -0.39 is 0 Å². The van der Waals surface area contributed by atoms with E-state index in [1.165, 1.54) is 11.1 Å². The molecule has 0 aliphatic carbocycles. The minimum absolute atomic E-state index is 0.0153. The predicted octanol–water partition coefficient (Wildman–Crippen LogP) is 2.09. The maximum absolute atomic E-state index is 11.4. The first-order valence-electron chi connectivity index (χ1n) is 8.72. The summed E-state index contributed by atoms with van der Waals surface area (Å²) in [6.07, 6.45) is 5.41. The van der Waals surface area contributed by atoms with E-state index in [4.69, 9.17) is 5.73 Å². The minimum Gasteiger partial charge on any atom is -0.369 e. The molecule has 1 aromatic carbocycles. The zero-order valence-corrected chi connectivity index (χ0v) is 14.6. The van der Waals surface area contributed by atoms with Crippen LogP contribution in [0.25, 0.3) is 0 Å². The second-order valence-electron chi connectivity index (χ2n) is 6.70. The summed E-state index contributed by atoms with van der Waals surface area (Å²) in [6.45, 7) is 5.26. The van der Waals surface area contributed by atoms with Crippen molar-refractivity contribution in [2.45, 2.75) is 32.9 Å². The minimum atomic E-state index is -0.179. The van der Waals surface area contributed by atoms with Gasteiger partial charge in [-0.15, -0.1) is 0 Å². The van der Waals surface area contributed by atoms with Crippen LogP contribution in [0.1, 0.15) is 29.7 Å². The number of nitrogens with one attached hydrogen (secondary N) is 1. The van der Waals surface area contributed by atoms with Crippen LogP contribution < -0.4 is 11.1 Å². The van der Waals surface area contributed by atoms with Gasteiger partial charge in [-0.25, -0.2) is 4.98 Å². The first-order chi connectivity index (χ1) is 12.1. The van der Waals surface area contributed by atoms with Crippen LogP contribution in [0.2, 0.25) is 0 Å². The molecule has 1 aromatic heterocycles. The maximum Gasteiger partial charge on any atom is 0.221 e. The van der Waals surface area contributed by atoms with E-state index in [1.807, 2.05) is 6.92 Å². The lowest BCUT2D eigenvalue weighted by Crippen LogP contribution is -2.40. The highest BCUT2D eigenvalue weighted by Crippen LogP contribution is 2.19. The van der Waals surface area contributed by atoms with Crippen LogP contribution >= 0.6 is 0 Å². The smallest absolute Gasteiger partial charge is 0.221 e. The van der Waals surface area contributed by atoms with Crippen LogP contribution in [0.3, 0.4) is 0 Å². The molecule has 1 atom stereocenters. The van der Waals surface area contributed by atoms with Crippen molar-refractivity contribution in [3.63, 3.8) is 0 Å². The van der Waals surface area contributed by atoms with Crippen LogP contribution in [0.4, 0.5) is 5.82 Å². The van der Waals surface area contributed by atoms with Crippen LogP contribution in [0.15, 0.2) is 36.7 Å². The molecule has 0 bridgehead atoms. The second-order valence-corrected chi connectivity index (χ2v) is 6.70. The van der Waals surface area contributed by atoms with E-state index in [1.54, 1.807) is 12.4 Å². The number of aryl methyl sites for hydroxylation is 1. The van der Waals surface area contributed by atoms with Gasteiger partial charge in [-0.05, 0) is 37.4 Å². The molecule has 1 amide bonds. The Labute approximate surface area is 148 Å². The summed E-state index contributed by atoms with van der Waals surface area (Å²) in [5.41, 5.74) is 8.81. The van der Waals surface area contributed by atoms with Crippen molar-refractivity contribution in [2.75, 3.05) is 18.4 Å². The molecule has 1 aliphatic rings. The molecule has 0 spiro atoms. The lowest BCUT2D eigenvalue weighted by molar-refractivity contribution is -0.123. The molecule has 1 saturated heterocycles. The molecule has 0 saturated carbocycles. The topological polar surface area (TPSA) is 84.1 Å². The van der Waals surface area contributed by atoms with E-state index in [0.717, 1.165) is 44.0 Å². The second kappa shape index (κ2) is 8.07. The summed E-state index contributed by atoms with van der Waals surface area (Å²) in [5.74, 6) is 0.589. The Morgan fingerprint density at radius 2 is 2.20 bits per heavy atom. The number of hydrogen-bond acceptors (Lipinski definition) is 5. The number of carbonyl (C=O) groups is 1. The van der Waals surface area contributed by atoms with E-state index in [-0.39, 0.29) is 11.8 Å². The number of hydrogen-bond donors (Lipinski definition) is 2. The van der Waals surface area contributed by atoms with E-state index in [0.29, 0.717) is 6.54 Å². The van der Waals surface area contributed by atoms with Gasteiger partial charge < -0.3 is 11.1 Å². The highest BCUT2D eigenvalue weighted by Gasteiger charge is 2.23. The van der Waals surface area contributed by atoms with Gasteiger partial charge in [0.1, 0.15) is 5.82 Å². The van der Waals surface area contributed by atoms with Crippen LogP contribution in [-0.4, -0.2) is 33.9 Å². The largest absolute Gasteiger partial charge is 0.369 e. The summed E-state index contributed by atoms with van der Waals surface area (Å²) in [4.78, 5) is 22.3. The average Bonchev–Trinajstić information content (AvgIpc) is 2.61. The molecule has 2 heterocycles. The molecule has 0 radical (unpaired) electrons. The predicted molar refractivity (Wildman–Crippen MR) is 97.7 cm³/mol. The zero-order valence-electron chi connectivity index (χ0n) is 14.6. The Morgan fingerprint density at radius 3 is 3.00 bits per heavy atom. The Hall–Kier alpha value is -2.47. The molecule has 0 unspecified atom stereocenters. The Balaban J connectivity index is 1.58. The number of benzene rings is 1. The third kappa shape index (κ3) is 5.00. The van der Waals surface area contributed by atoms with Gasteiger partial charge in [0.15, 0.2) is 0 Å². The Bertz CT molecular complexity index is 733. The van der Waals surface area contributed by atoms with Crippen molar-refractivity contribution in [1.29, 1.82) is 0 Å². The van der Waals surface area contributed by atoms with Crippen LogP contribution in [0, 0.1) is 12.8 Å². The number of primary amides is 1. The molecule has 1 fully saturated rings. The van der Waals surface area contributed by atoms with Gasteiger partial charge in [0.25, 0.3) is 0 Å². The molecule has 1 aliphatic heterocycles. The fraction of sp³-hybridized carbons (Fsp3) is 0.421. The zero-order chi connectivity index (χ0) is 17.6. The number of anilines is 1. The molecule has 3 rings (SSSR count). The summed E-state index contributed by atoms with van der Waals surface area (Å²) in [7, 11) is 0. The van der Waals surface area contributed by atoms with Gasteiger partial charge in [0.05, 0.1) is 17.8 Å². The third-order valence-corrected chi connectivity index (χ3v) is 4.53. The summed E-state index contributed by atoms with van der Waals surface area (Å²) in [5, 5.41) is 3.31. The van der Waals surface area contributed by atoms with E-state index in [2.05, 4.69) is 44.5 Å². The lowest BCUT2D eigenvalue weighted by atomic mass is 9.97. The molecule has 25 heavy (non-hydrogen) atoms. The van der Waals surface area contributed by atoms with Crippen LogP contribution in [0.5, 0.6) is 0 Å². The lowest BCUT2D eigenvalue weighted by Gasteiger charge is -2.31. The molecular formula is C19H25N5O. The summed E-state index contributed by atoms with van der Waals surface area (Å²) >= 11 is 0. The molecule has 3 N–H and O–H groups in total. The van der Waals surface area contributed by atoms with E-state index in [9.17, 15) is 4.79 Å². The fourth-order valence-electron chi connectivity index (χ4n) is 3.27. The quantitative estimate of drug-likeness (QED) is 0.842. The van der Waals surface area contributed by atoms with Gasteiger partial charge in [0.2, 0.25) is 5.91 Å². The van der Waals surface area contributed by atoms with Crippen molar-refractivity contribution in [3.05, 3.63) is 53.5 Å². The standard InChI is InChI=1S/C19H25N5O/c1-14-9-21-11-18(23-14)22-10-15-4-2-5-16(8-15)12-24-7-3-6-17(13-24)19(20)25/h2,4-5,8-9,11,17H,3,6-7,10,12-13H2,1H3,(H2,20,25)(H,22,23)/t17-/m1/s1. The molecule has 6 heteroatoms. The first kappa shape index (κ1) is 17.4. The summed E-state index contributed by atoms with van der Waals surface area (Å²) < 4.78 is 0. The number of piperidine rings is 1. The number of rotatable bonds is 6. The fourth-order valence-corrected chi connectivity index (χ4v) is 3.27. The van der Waals surface area contributed by atoms with Crippen molar-refractivity contribution in [1.82, 2.24) is 14.9 Å². The van der Waals surface area contributed by atoms with Crippen molar-refractivity contribution < 1.29 is 4.79 Å². The number of likely N-dealkylation sites (tertiary alicyclic amines) is 1. The molecule has 132 valence electrons. The molecule has 6 nitrogen and oxygen atoms in total. The first-order valence-corrected chi connectivity index (χ1v) is 8.72. The van der Waals surface area contributed by atoms with Crippen molar-refractivity contribution >= 4 is 11.7 Å². The van der Waals surface area contributed by atoms with Crippen LogP contribution in [-0.2, 0) is 17.9 Å². The van der Waals surface area contributed by atoms with Gasteiger partial charge in [-0.2, -0.15) is 0 Å². The van der Waals surface area contributed by atoms with Crippen molar-refractivity contribution in [2.24, 2.45) is 11.7 Å². The number of nitrogens with two attached hydrogens (primary N) is 1. The average molecular weight is 339 g/mol. The highest BCUT2D eigenvalue weighted by molar-refractivity contribution is 5.76. The number of aromatic nitrogens is 2. The van der Waals surface area contributed by atoms with E-state index >= 15 is 0 Å². The number of nitrogens with zero attached hydrogens (tertiary/aromatic N) is 3. The van der Waals surface area contributed by atoms with Gasteiger partial charge in [0, 0.05) is 25.8 Å². The number of carbonyl (C=O) groups excluding carboxylic acids is 1. The third-order valence-electron chi connectivity index (χ3n) is 4.53. The van der Waals surface area contributed by atoms with Gasteiger partial charge in [-0.1, -0.05) is 24.3 Å². The highest BCUT2D eigenvalue weighted by atomic mass is 16.1. The monoisotopic (exact) mass is 339 g/mol. The van der Waals surface area contributed by atoms with Gasteiger partial charge >= 0.3 is 0 Å². The molecular weight excluding hydrogens is 314 g/mol. The Morgan fingerprint density at radius 1 is 1.36 bits per heavy atom. The van der Waals surface area contributed by atoms with Gasteiger partial charge in [-0.3, -0.25) is 14.7 Å². The maximum atomic E-state index is 11.4. The summed E-state index contributed by atoms with van der Waals surface area (Å²) in [6, 6.07) is 8.50. The molecule has 2 aromatic rings. The Kier molecular flexibility index (Phi) is 5.60. The SMILES string of the molecule is Cc1cncc(NCc2cccc(CN3CCC[C@@H](C(N)=O)C3)c2)n1. The van der Waals surface area contributed by atoms with Crippen molar-refractivity contribution in [3.8, 4) is 0 Å². The normalized spacial score (nSPS) is 18.0.